The molecular formula is C12H15BrClNO. The van der Waals surface area contributed by atoms with E-state index in [2.05, 4.69) is 21.2 Å². The monoisotopic (exact) mass is 303 g/mol. The lowest BCUT2D eigenvalue weighted by molar-refractivity contribution is 0.221. The van der Waals surface area contributed by atoms with Crippen molar-refractivity contribution < 1.29 is 4.74 Å². The van der Waals surface area contributed by atoms with E-state index in [4.69, 9.17) is 16.3 Å². The van der Waals surface area contributed by atoms with Gasteiger partial charge in [0.15, 0.2) is 0 Å². The van der Waals surface area contributed by atoms with E-state index in [1.807, 2.05) is 19.9 Å². The Morgan fingerprint density at radius 3 is 2.88 bits per heavy atom. The minimum Gasteiger partial charge on any atom is -0.488 e. The SMILES string of the molecule is Cc1cc(OC2CCNC2)c(Br)c(C)c1Cl. The fraction of sp³-hybridized carbons (Fsp3) is 0.500. The van der Waals surface area contributed by atoms with E-state index in [9.17, 15) is 0 Å². The zero-order valence-electron chi connectivity index (χ0n) is 9.44. The first-order chi connectivity index (χ1) is 7.59. The molecule has 1 unspecified atom stereocenters. The molecule has 1 aliphatic heterocycles. The normalized spacial score (nSPS) is 20.1. The highest BCUT2D eigenvalue weighted by Crippen LogP contribution is 2.36. The van der Waals surface area contributed by atoms with Gasteiger partial charge in [-0.05, 0) is 59.9 Å². The number of hydrogen-bond donors (Lipinski definition) is 1. The Bertz CT molecular complexity index is 402. The van der Waals surface area contributed by atoms with Crippen LogP contribution in [-0.4, -0.2) is 19.2 Å². The van der Waals surface area contributed by atoms with E-state index >= 15 is 0 Å². The summed E-state index contributed by atoms with van der Waals surface area (Å²) in [6, 6.07) is 2.00. The Kier molecular flexibility index (Phi) is 3.77. The lowest BCUT2D eigenvalue weighted by Crippen LogP contribution is -2.19. The molecule has 88 valence electrons. The van der Waals surface area contributed by atoms with Crippen LogP contribution in [0.15, 0.2) is 10.5 Å². The smallest absolute Gasteiger partial charge is 0.134 e. The average Bonchev–Trinajstić information content (AvgIpc) is 2.76. The summed E-state index contributed by atoms with van der Waals surface area (Å²) in [5.74, 6) is 0.896. The van der Waals surface area contributed by atoms with Crippen LogP contribution in [0, 0.1) is 13.8 Å². The fourth-order valence-electron chi connectivity index (χ4n) is 1.89. The van der Waals surface area contributed by atoms with Gasteiger partial charge in [0.05, 0.1) is 4.47 Å². The van der Waals surface area contributed by atoms with Gasteiger partial charge in [0.25, 0.3) is 0 Å². The highest BCUT2D eigenvalue weighted by atomic mass is 79.9. The van der Waals surface area contributed by atoms with E-state index < -0.39 is 0 Å². The van der Waals surface area contributed by atoms with Crippen LogP contribution in [0.4, 0.5) is 0 Å². The van der Waals surface area contributed by atoms with Crippen molar-refractivity contribution >= 4 is 27.5 Å². The molecule has 0 bridgehead atoms. The molecule has 0 saturated carbocycles. The summed E-state index contributed by atoms with van der Waals surface area (Å²) in [5.41, 5.74) is 2.10. The molecule has 1 saturated heterocycles. The zero-order valence-corrected chi connectivity index (χ0v) is 11.8. The molecule has 0 aromatic heterocycles. The molecular weight excluding hydrogens is 289 g/mol. The van der Waals surface area contributed by atoms with Crippen molar-refractivity contribution in [2.45, 2.75) is 26.4 Å². The van der Waals surface area contributed by atoms with Crippen LogP contribution in [0.25, 0.3) is 0 Å². The quantitative estimate of drug-likeness (QED) is 0.903. The average molecular weight is 305 g/mol. The third kappa shape index (κ3) is 2.36. The number of nitrogens with one attached hydrogen (secondary N) is 1. The van der Waals surface area contributed by atoms with Crippen molar-refractivity contribution in [1.82, 2.24) is 5.32 Å². The predicted molar refractivity (Wildman–Crippen MR) is 70.5 cm³/mol. The number of hydrogen-bond acceptors (Lipinski definition) is 2. The highest BCUT2D eigenvalue weighted by molar-refractivity contribution is 9.10. The molecule has 1 aliphatic rings. The number of aryl methyl sites for hydroxylation is 1. The molecule has 1 aromatic rings. The first-order valence-corrected chi connectivity index (χ1v) is 6.59. The Balaban J connectivity index is 2.26. The molecule has 1 heterocycles. The Hall–Kier alpha value is -0.250. The first-order valence-electron chi connectivity index (χ1n) is 5.42. The summed E-state index contributed by atoms with van der Waals surface area (Å²) in [4.78, 5) is 0. The molecule has 0 amide bonds. The Labute approximate surface area is 109 Å². The van der Waals surface area contributed by atoms with Gasteiger partial charge in [-0.25, -0.2) is 0 Å². The van der Waals surface area contributed by atoms with Gasteiger partial charge >= 0.3 is 0 Å². The standard InChI is InChI=1S/C12H15BrClNO/c1-7-5-10(11(13)8(2)12(7)14)16-9-3-4-15-6-9/h5,9,15H,3-4,6H2,1-2H3. The van der Waals surface area contributed by atoms with E-state index in [0.717, 1.165) is 45.9 Å². The van der Waals surface area contributed by atoms with Crippen LogP contribution in [-0.2, 0) is 0 Å². The second kappa shape index (κ2) is 4.94. The number of ether oxygens (including phenoxy) is 1. The largest absolute Gasteiger partial charge is 0.488 e. The van der Waals surface area contributed by atoms with Crippen LogP contribution in [0.5, 0.6) is 5.75 Å². The van der Waals surface area contributed by atoms with Gasteiger partial charge in [0.1, 0.15) is 11.9 Å². The van der Waals surface area contributed by atoms with Crippen LogP contribution in [0.3, 0.4) is 0 Å². The molecule has 4 heteroatoms. The molecule has 1 fully saturated rings. The third-order valence-electron chi connectivity index (χ3n) is 2.88. The van der Waals surface area contributed by atoms with Crippen molar-refractivity contribution in [3.63, 3.8) is 0 Å². The van der Waals surface area contributed by atoms with E-state index in [0.29, 0.717) is 0 Å². The fourth-order valence-corrected chi connectivity index (χ4v) is 2.56. The number of halogens is 2. The van der Waals surface area contributed by atoms with Gasteiger partial charge in [-0.1, -0.05) is 11.6 Å². The van der Waals surface area contributed by atoms with Crippen LogP contribution >= 0.6 is 27.5 Å². The van der Waals surface area contributed by atoms with Crippen LogP contribution < -0.4 is 10.1 Å². The molecule has 16 heavy (non-hydrogen) atoms. The van der Waals surface area contributed by atoms with Gasteiger partial charge in [-0.15, -0.1) is 0 Å². The maximum absolute atomic E-state index is 6.17. The summed E-state index contributed by atoms with van der Waals surface area (Å²) in [6.45, 7) is 5.96. The summed E-state index contributed by atoms with van der Waals surface area (Å²) in [5, 5.41) is 4.10. The van der Waals surface area contributed by atoms with Gasteiger partial charge in [0.2, 0.25) is 0 Å². The summed E-state index contributed by atoms with van der Waals surface area (Å²) < 4.78 is 6.92. The molecule has 0 aliphatic carbocycles. The maximum atomic E-state index is 6.17. The number of benzene rings is 1. The Morgan fingerprint density at radius 2 is 2.25 bits per heavy atom. The van der Waals surface area contributed by atoms with Gasteiger partial charge in [0, 0.05) is 11.6 Å². The second-order valence-electron chi connectivity index (χ2n) is 4.18. The summed E-state index contributed by atoms with van der Waals surface area (Å²) in [6.07, 6.45) is 1.34. The van der Waals surface area contributed by atoms with Gasteiger partial charge in [-0.2, -0.15) is 0 Å². The van der Waals surface area contributed by atoms with Crippen LogP contribution in [0.1, 0.15) is 17.5 Å². The summed E-state index contributed by atoms with van der Waals surface area (Å²) in [7, 11) is 0. The molecule has 0 radical (unpaired) electrons. The highest BCUT2D eigenvalue weighted by Gasteiger charge is 2.19. The van der Waals surface area contributed by atoms with Crippen LogP contribution in [0.2, 0.25) is 5.02 Å². The minimum absolute atomic E-state index is 0.274. The first kappa shape index (κ1) is 12.2. The van der Waals surface area contributed by atoms with Crippen molar-refractivity contribution in [3.05, 3.63) is 26.7 Å². The van der Waals surface area contributed by atoms with Gasteiger partial charge < -0.3 is 10.1 Å². The Morgan fingerprint density at radius 1 is 1.50 bits per heavy atom. The molecule has 2 nitrogen and oxygen atoms in total. The lowest BCUT2D eigenvalue weighted by atomic mass is 10.1. The molecule has 0 spiro atoms. The van der Waals surface area contributed by atoms with Gasteiger partial charge in [-0.3, -0.25) is 0 Å². The third-order valence-corrected chi connectivity index (χ3v) is 4.44. The molecule has 2 rings (SSSR count). The van der Waals surface area contributed by atoms with E-state index in [1.54, 1.807) is 0 Å². The molecule has 1 aromatic carbocycles. The zero-order chi connectivity index (χ0) is 11.7. The van der Waals surface area contributed by atoms with E-state index in [-0.39, 0.29) is 6.10 Å². The topological polar surface area (TPSA) is 21.3 Å². The lowest BCUT2D eigenvalue weighted by Gasteiger charge is -2.17. The van der Waals surface area contributed by atoms with Crippen molar-refractivity contribution in [3.8, 4) is 5.75 Å². The second-order valence-corrected chi connectivity index (χ2v) is 5.35. The van der Waals surface area contributed by atoms with Crippen molar-refractivity contribution in [1.29, 1.82) is 0 Å². The number of rotatable bonds is 2. The van der Waals surface area contributed by atoms with Crippen molar-refractivity contribution in [2.75, 3.05) is 13.1 Å². The predicted octanol–water partition coefficient (Wildman–Crippen LogP) is 3.46. The minimum atomic E-state index is 0.274. The summed E-state index contributed by atoms with van der Waals surface area (Å²) >= 11 is 9.72. The molecule has 1 N–H and O–H groups in total. The van der Waals surface area contributed by atoms with Crippen molar-refractivity contribution in [2.24, 2.45) is 0 Å². The van der Waals surface area contributed by atoms with E-state index in [1.165, 1.54) is 0 Å². The maximum Gasteiger partial charge on any atom is 0.134 e. The molecule has 1 atom stereocenters.